The van der Waals surface area contributed by atoms with Gasteiger partial charge in [0.05, 0.1) is 0 Å². The molecule has 0 unspecified atom stereocenters. The highest BCUT2D eigenvalue weighted by molar-refractivity contribution is 6.31. The number of aromatic amines is 1. The Bertz CT molecular complexity index is 604. The van der Waals surface area contributed by atoms with Gasteiger partial charge in [-0.05, 0) is 38.5 Å². The molecule has 0 atom stereocenters. The molecule has 5 heteroatoms. The van der Waals surface area contributed by atoms with E-state index in [1.54, 1.807) is 12.1 Å². The molecule has 0 spiro atoms. The SMILES string of the molecule is Cc1ccc(Cl)cc1NC(=O)c1n[nH]c(C)c1C. The standard InChI is InChI=1S/C13H14ClN3O/c1-7-4-5-10(14)6-11(7)15-13(18)12-8(2)9(3)16-17-12/h4-6H,1-3H3,(H,15,18)(H,16,17). The molecular weight excluding hydrogens is 250 g/mol. The topological polar surface area (TPSA) is 57.8 Å². The molecular formula is C13H14ClN3O. The Balaban J connectivity index is 2.27. The van der Waals surface area contributed by atoms with Crippen LogP contribution in [0.15, 0.2) is 18.2 Å². The van der Waals surface area contributed by atoms with Gasteiger partial charge in [0, 0.05) is 22.0 Å². The van der Waals surface area contributed by atoms with Crippen molar-refractivity contribution in [3.8, 4) is 0 Å². The number of carbonyl (C=O) groups is 1. The first kappa shape index (κ1) is 12.6. The number of rotatable bonds is 2. The molecule has 2 aromatic rings. The van der Waals surface area contributed by atoms with Gasteiger partial charge in [0.2, 0.25) is 0 Å². The largest absolute Gasteiger partial charge is 0.320 e. The lowest BCUT2D eigenvalue weighted by Gasteiger charge is -2.07. The van der Waals surface area contributed by atoms with Crippen LogP contribution in [0.3, 0.4) is 0 Å². The fourth-order valence-corrected chi connectivity index (χ4v) is 1.79. The predicted octanol–water partition coefficient (Wildman–Crippen LogP) is 3.24. The normalized spacial score (nSPS) is 10.4. The number of hydrogen-bond donors (Lipinski definition) is 2. The van der Waals surface area contributed by atoms with Gasteiger partial charge in [-0.1, -0.05) is 17.7 Å². The van der Waals surface area contributed by atoms with Crippen molar-refractivity contribution in [1.29, 1.82) is 0 Å². The number of nitrogens with zero attached hydrogens (tertiary/aromatic N) is 1. The van der Waals surface area contributed by atoms with Crippen molar-refractivity contribution in [2.45, 2.75) is 20.8 Å². The van der Waals surface area contributed by atoms with E-state index < -0.39 is 0 Å². The van der Waals surface area contributed by atoms with E-state index in [0.29, 0.717) is 16.4 Å². The Morgan fingerprint density at radius 3 is 2.67 bits per heavy atom. The second kappa shape index (κ2) is 4.82. The van der Waals surface area contributed by atoms with Crippen LogP contribution in [0, 0.1) is 20.8 Å². The van der Waals surface area contributed by atoms with Crippen molar-refractivity contribution in [2.24, 2.45) is 0 Å². The number of nitrogens with one attached hydrogen (secondary N) is 2. The van der Waals surface area contributed by atoms with Gasteiger partial charge < -0.3 is 5.32 Å². The summed E-state index contributed by atoms with van der Waals surface area (Å²) in [5.41, 5.74) is 3.81. The summed E-state index contributed by atoms with van der Waals surface area (Å²) in [4.78, 5) is 12.1. The van der Waals surface area contributed by atoms with E-state index in [2.05, 4.69) is 15.5 Å². The fraction of sp³-hybridized carbons (Fsp3) is 0.231. The molecule has 0 aliphatic heterocycles. The van der Waals surface area contributed by atoms with Crippen molar-refractivity contribution in [3.63, 3.8) is 0 Å². The van der Waals surface area contributed by atoms with E-state index in [1.165, 1.54) is 0 Å². The van der Waals surface area contributed by atoms with Crippen molar-refractivity contribution >= 4 is 23.2 Å². The number of benzene rings is 1. The second-order valence-electron chi connectivity index (χ2n) is 4.24. The third kappa shape index (κ3) is 2.38. The molecule has 0 aliphatic rings. The van der Waals surface area contributed by atoms with E-state index in [0.717, 1.165) is 16.8 Å². The molecule has 0 aliphatic carbocycles. The van der Waals surface area contributed by atoms with Gasteiger partial charge in [-0.25, -0.2) is 0 Å². The summed E-state index contributed by atoms with van der Waals surface area (Å²) in [6.45, 7) is 5.65. The minimum atomic E-state index is -0.234. The first-order chi connectivity index (χ1) is 8.49. The number of carbonyl (C=O) groups excluding carboxylic acids is 1. The molecule has 94 valence electrons. The summed E-state index contributed by atoms with van der Waals surface area (Å²) >= 11 is 5.91. The number of H-pyrrole nitrogens is 1. The van der Waals surface area contributed by atoms with Crippen LogP contribution in [0.5, 0.6) is 0 Å². The van der Waals surface area contributed by atoms with Gasteiger partial charge >= 0.3 is 0 Å². The van der Waals surface area contributed by atoms with Gasteiger partial charge in [0.15, 0.2) is 5.69 Å². The molecule has 1 aromatic heterocycles. The number of anilines is 1. The van der Waals surface area contributed by atoms with Gasteiger partial charge in [0.25, 0.3) is 5.91 Å². The molecule has 0 saturated carbocycles. The van der Waals surface area contributed by atoms with Crippen LogP contribution in [0.1, 0.15) is 27.3 Å². The Morgan fingerprint density at radius 2 is 2.06 bits per heavy atom. The lowest BCUT2D eigenvalue weighted by Crippen LogP contribution is -2.14. The third-order valence-electron chi connectivity index (χ3n) is 2.92. The summed E-state index contributed by atoms with van der Waals surface area (Å²) in [6.07, 6.45) is 0. The Hall–Kier alpha value is -1.81. The zero-order valence-corrected chi connectivity index (χ0v) is 11.2. The zero-order chi connectivity index (χ0) is 13.3. The highest BCUT2D eigenvalue weighted by atomic mass is 35.5. The van der Waals surface area contributed by atoms with E-state index in [-0.39, 0.29) is 5.91 Å². The minimum absolute atomic E-state index is 0.234. The van der Waals surface area contributed by atoms with Crippen LogP contribution in [0.2, 0.25) is 5.02 Å². The van der Waals surface area contributed by atoms with Crippen LogP contribution >= 0.6 is 11.6 Å². The number of amides is 1. The van der Waals surface area contributed by atoms with Gasteiger partial charge in [-0.2, -0.15) is 5.10 Å². The third-order valence-corrected chi connectivity index (χ3v) is 3.15. The second-order valence-corrected chi connectivity index (χ2v) is 4.67. The average Bonchev–Trinajstić information content (AvgIpc) is 2.65. The highest BCUT2D eigenvalue weighted by Crippen LogP contribution is 2.21. The summed E-state index contributed by atoms with van der Waals surface area (Å²) in [5.74, 6) is -0.234. The summed E-state index contributed by atoms with van der Waals surface area (Å²) in [5, 5.41) is 10.2. The first-order valence-corrected chi connectivity index (χ1v) is 5.96. The smallest absolute Gasteiger partial charge is 0.276 e. The molecule has 1 heterocycles. The summed E-state index contributed by atoms with van der Waals surface area (Å²) in [6, 6.07) is 5.38. The van der Waals surface area contributed by atoms with Crippen molar-refractivity contribution < 1.29 is 4.79 Å². The first-order valence-electron chi connectivity index (χ1n) is 5.58. The van der Waals surface area contributed by atoms with Gasteiger partial charge in [-0.3, -0.25) is 9.89 Å². The zero-order valence-electron chi connectivity index (χ0n) is 10.5. The van der Waals surface area contributed by atoms with Gasteiger partial charge in [-0.15, -0.1) is 0 Å². The van der Waals surface area contributed by atoms with E-state index in [9.17, 15) is 4.79 Å². The fourth-order valence-electron chi connectivity index (χ4n) is 1.62. The van der Waals surface area contributed by atoms with Crippen molar-refractivity contribution in [3.05, 3.63) is 45.7 Å². The van der Waals surface area contributed by atoms with Crippen LogP contribution < -0.4 is 5.32 Å². The molecule has 0 fully saturated rings. The van der Waals surface area contributed by atoms with E-state index in [4.69, 9.17) is 11.6 Å². The number of halogens is 1. The average molecular weight is 264 g/mol. The van der Waals surface area contributed by atoms with Gasteiger partial charge in [0.1, 0.15) is 0 Å². The molecule has 1 aromatic carbocycles. The molecule has 4 nitrogen and oxygen atoms in total. The lowest BCUT2D eigenvalue weighted by molar-refractivity contribution is 0.102. The Kier molecular flexibility index (Phi) is 3.39. The predicted molar refractivity (Wildman–Crippen MR) is 72.2 cm³/mol. The van der Waals surface area contributed by atoms with Crippen molar-refractivity contribution in [2.75, 3.05) is 5.32 Å². The summed E-state index contributed by atoms with van der Waals surface area (Å²) in [7, 11) is 0. The van der Waals surface area contributed by atoms with Crippen LogP contribution in [0.25, 0.3) is 0 Å². The van der Waals surface area contributed by atoms with Crippen molar-refractivity contribution in [1.82, 2.24) is 10.2 Å². The van der Waals surface area contributed by atoms with E-state index >= 15 is 0 Å². The number of aryl methyl sites for hydroxylation is 2. The molecule has 2 N–H and O–H groups in total. The highest BCUT2D eigenvalue weighted by Gasteiger charge is 2.15. The van der Waals surface area contributed by atoms with E-state index in [1.807, 2.05) is 26.8 Å². The molecule has 0 bridgehead atoms. The van der Waals surface area contributed by atoms with Crippen LogP contribution in [-0.2, 0) is 0 Å². The molecule has 2 rings (SSSR count). The molecule has 0 saturated heterocycles. The Morgan fingerprint density at radius 1 is 1.33 bits per heavy atom. The monoisotopic (exact) mass is 263 g/mol. The number of aromatic nitrogens is 2. The van der Waals surface area contributed by atoms with Crippen LogP contribution in [0.4, 0.5) is 5.69 Å². The maximum Gasteiger partial charge on any atom is 0.276 e. The molecule has 18 heavy (non-hydrogen) atoms. The molecule has 0 radical (unpaired) electrons. The maximum absolute atomic E-state index is 12.1. The number of hydrogen-bond acceptors (Lipinski definition) is 2. The van der Waals surface area contributed by atoms with Crippen LogP contribution in [-0.4, -0.2) is 16.1 Å². The molecule has 1 amide bonds. The summed E-state index contributed by atoms with van der Waals surface area (Å²) < 4.78 is 0. The minimum Gasteiger partial charge on any atom is -0.320 e. The maximum atomic E-state index is 12.1. The Labute approximate surface area is 110 Å². The lowest BCUT2D eigenvalue weighted by atomic mass is 10.1. The quantitative estimate of drug-likeness (QED) is 0.874.